The lowest BCUT2D eigenvalue weighted by atomic mass is 10.1. The first-order chi connectivity index (χ1) is 8.86. The Labute approximate surface area is 116 Å². The number of hydrogen-bond donors (Lipinski definition) is 2. The number of hydrogen-bond acceptors (Lipinski definition) is 4. The Kier molecular flexibility index (Phi) is 6.31. The predicted octanol–water partition coefficient (Wildman–Crippen LogP) is 1.44. The summed E-state index contributed by atoms with van der Waals surface area (Å²) in [6.45, 7) is 12.0. The van der Waals surface area contributed by atoms with Crippen LogP contribution in [-0.4, -0.2) is 45.5 Å². The average Bonchev–Trinajstić information content (AvgIpc) is 2.61. The smallest absolute Gasteiger partial charge is 0.0862 e. The zero-order valence-corrected chi connectivity index (χ0v) is 12.6. The Morgan fingerprint density at radius 2 is 1.79 bits per heavy atom. The lowest BCUT2D eigenvalue weighted by Gasteiger charge is -2.28. The van der Waals surface area contributed by atoms with Crippen molar-refractivity contribution in [1.82, 2.24) is 14.7 Å². The summed E-state index contributed by atoms with van der Waals surface area (Å²) in [5.74, 6) is 1.21. The van der Waals surface area contributed by atoms with Gasteiger partial charge in [-0.25, -0.2) is 0 Å². The molecule has 3 N–H and O–H groups in total. The fourth-order valence-corrected chi connectivity index (χ4v) is 2.31. The normalized spacial score (nSPS) is 13.7. The molecule has 0 aliphatic heterocycles. The molecule has 0 aromatic carbocycles. The maximum absolute atomic E-state index is 10.2. The van der Waals surface area contributed by atoms with Crippen LogP contribution in [0.2, 0.25) is 0 Å². The molecule has 1 unspecified atom stereocenters. The summed E-state index contributed by atoms with van der Waals surface area (Å²) in [6.07, 6.45) is 2.93. The minimum absolute atomic E-state index is 0.420. The van der Waals surface area contributed by atoms with Crippen molar-refractivity contribution in [1.29, 1.82) is 0 Å². The van der Waals surface area contributed by atoms with Crippen molar-refractivity contribution in [3.63, 3.8) is 0 Å². The average molecular weight is 268 g/mol. The highest BCUT2D eigenvalue weighted by atomic mass is 16.3. The summed E-state index contributed by atoms with van der Waals surface area (Å²) in [6, 6.07) is 0. The van der Waals surface area contributed by atoms with Gasteiger partial charge in [-0.2, -0.15) is 5.10 Å². The van der Waals surface area contributed by atoms with Crippen molar-refractivity contribution < 1.29 is 5.11 Å². The van der Waals surface area contributed by atoms with Crippen LogP contribution in [0.15, 0.2) is 12.4 Å². The van der Waals surface area contributed by atoms with Gasteiger partial charge in [0, 0.05) is 25.8 Å². The van der Waals surface area contributed by atoms with Gasteiger partial charge in [0.1, 0.15) is 0 Å². The van der Waals surface area contributed by atoms with E-state index in [4.69, 9.17) is 5.73 Å². The number of rotatable bonds is 8. The third kappa shape index (κ3) is 6.59. The van der Waals surface area contributed by atoms with Crippen molar-refractivity contribution in [2.45, 2.75) is 40.3 Å². The van der Waals surface area contributed by atoms with E-state index < -0.39 is 6.10 Å². The third-order valence-electron chi connectivity index (χ3n) is 2.77. The van der Waals surface area contributed by atoms with Crippen molar-refractivity contribution in [3.8, 4) is 0 Å². The van der Waals surface area contributed by atoms with Crippen LogP contribution in [0.1, 0.15) is 27.7 Å². The third-order valence-corrected chi connectivity index (χ3v) is 2.77. The van der Waals surface area contributed by atoms with E-state index in [1.54, 1.807) is 17.1 Å². The molecule has 5 heteroatoms. The molecule has 1 aromatic heterocycles. The quantitative estimate of drug-likeness (QED) is 0.748. The van der Waals surface area contributed by atoms with Gasteiger partial charge in [-0.05, 0) is 11.8 Å². The minimum atomic E-state index is -0.420. The molecule has 0 radical (unpaired) electrons. The molecule has 0 saturated carbocycles. The molecule has 110 valence electrons. The molecule has 1 heterocycles. The van der Waals surface area contributed by atoms with Gasteiger partial charge >= 0.3 is 0 Å². The van der Waals surface area contributed by atoms with Crippen molar-refractivity contribution in [2.75, 3.05) is 25.4 Å². The fraction of sp³-hybridized carbons (Fsp3) is 0.786. The van der Waals surface area contributed by atoms with Crippen molar-refractivity contribution in [2.24, 2.45) is 11.8 Å². The Balaban J connectivity index is 2.47. The standard InChI is InChI=1S/C14H28N4O/c1-11(2)6-17(7-12(3)4)9-14(19)10-18-8-13(15)5-16-18/h5,8,11-12,14,19H,6-7,9-10,15H2,1-4H3. The van der Waals surface area contributed by atoms with Crippen LogP contribution in [0, 0.1) is 11.8 Å². The van der Waals surface area contributed by atoms with E-state index >= 15 is 0 Å². The summed E-state index contributed by atoms with van der Waals surface area (Å²) in [5.41, 5.74) is 6.24. The largest absolute Gasteiger partial charge is 0.396 e. The first kappa shape index (κ1) is 16.0. The molecule has 1 aromatic rings. The summed E-state index contributed by atoms with van der Waals surface area (Å²) in [7, 11) is 0. The molecule has 5 nitrogen and oxygen atoms in total. The van der Waals surface area contributed by atoms with Gasteiger partial charge in [-0.1, -0.05) is 27.7 Å². The van der Waals surface area contributed by atoms with Crippen LogP contribution in [0.5, 0.6) is 0 Å². The fourth-order valence-electron chi connectivity index (χ4n) is 2.31. The maximum Gasteiger partial charge on any atom is 0.0862 e. The SMILES string of the molecule is CC(C)CN(CC(C)C)CC(O)Cn1cc(N)cn1. The molecular weight excluding hydrogens is 240 g/mol. The molecule has 0 aliphatic carbocycles. The summed E-state index contributed by atoms with van der Waals surface area (Å²) >= 11 is 0. The van der Waals surface area contributed by atoms with E-state index in [-0.39, 0.29) is 0 Å². The Morgan fingerprint density at radius 1 is 1.21 bits per heavy atom. The van der Waals surface area contributed by atoms with Gasteiger partial charge in [0.2, 0.25) is 0 Å². The molecule has 0 aliphatic rings. The molecular formula is C14H28N4O. The van der Waals surface area contributed by atoms with Crippen LogP contribution in [0.4, 0.5) is 5.69 Å². The topological polar surface area (TPSA) is 67.3 Å². The van der Waals surface area contributed by atoms with Gasteiger partial charge in [0.25, 0.3) is 0 Å². The Bertz CT molecular complexity index is 352. The van der Waals surface area contributed by atoms with Gasteiger partial charge < -0.3 is 15.7 Å². The molecule has 19 heavy (non-hydrogen) atoms. The molecule has 1 atom stereocenters. The van der Waals surface area contributed by atoms with Gasteiger partial charge in [0.15, 0.2) is 0 Å². The zero-order chi connectivity index (χ0) is 14.4. The first-order valence-electron chi connectivity index (χ1n) is 7.05. The van der Waals surface area contributed by atoms with Crippen molar-refractivity contribution >= 4 is 5.69 Å². The van der Waals surface area contributed by atoms with Gasteiger partial charge in [-0.15, -0.1) is 0 Å². The molecule has 0 bridgehead atoms. The van der Waals surface area contributed by atoms with Crippen LogP contribution in [-0.2, 0) is 6.54 Å². The number of aliphatic hydroxyl groups is 1. The van der Waals surface area contributed by atoms with E-state index in [1.165, 1.54) is 0 Å². The summed E-state index contributed by atoms with van der Waals surface area (Å²) in [4.78, 5) is 2.33. The van der Waals surface area contributed by atoms with E-state index in [1.807, 2.05) is 0 Å². The van der Waals surface area contributed by atoms with E-state index in [0.29, 0.717) is 30.6 Å². The van der Waals surface area contributed by atoms with Crippen molar-refractivity contribution in [3.05, 3.63) is 12.4 Å². The number of nitrogens with zero attached hydrogens (tertiary/aromatic N) is 3. The molecule has 1 rings (SSSR count). The predicted molar refractivity (Wildman–Crippen MR) is 78.8 cm³/mol. The maximum atomic E-state index is 10.2. The second-order valence-electron chi connectivity index (χ2n) is 6.16. The second kappa shape index (κ2) is 7.50. The van der Waals surface area contributed by atoms with Gasteiger partial charge in [-0.3, -0.25) is 4.68 Å². The Morgan fingerprint density at radius 3 is 2.21 bits per heavy atom. The minimum Gasteiger partial charge on any atom is -0.396 e. The number of nitrogen functional groups attached to an aromatic ring is 1. The first-order valence-corrected chi connectivity index (χ1v) is 7.05. The number of nitrogens with two attached hydrogens (primary N) is 1. The van der Waals surface area contributed by atoms with E-state index in [9.17, 15) is 5.11 Å². The highest BCUT2D eigenvalue weighted by Gasteiger charge is 2.15. The monoisotopic (exact) mass is 268 g/mol. The highest BCUT2D eigenvalue weighted by Crippen LogP contribution is 2.06. The summed E-state index contributed by atoms with van der Waals surface area (Å²) in [5, 5.41) is 14.3. The lowest BCUT2D eigenvalue weighted by Crippen LogP contribution is -2.39. The number of aliphatic hydroxyl groups excluding tert-OH is 1. The molecule has 0 fully saturated rings. The van der Waals surface area contributed by atoms with Crippen LogP contribution >= 0.6 is 0 Å². The van der Waals surface area contributed by atoms with Gasteiger partial charge in [0.05, 0.1) is 24.5 Å². The molecule has 0 saturated heterocycles. The van der Waals surface area contributed by atoms with E-state index in [2.05, 4.69) is 37.7 Å². The summed E-state index contributed by atoms with van der Waals surface area (Å²) < 4.78 is 1.70. The number of anilines is 1. The van der Waals surface area contributed by atoms with Crippen LogP contribution in [0.3, 0.4) is 0 Å². The van der Waals surface area contributed by atoms with Crippen LogP contribution in [0.25, 0.3) is 0 Å². The molecule has 0 spiro atoms. The van der Waals surface area contributed by atoms with E-state index in [0.717, 1.165) is 13.1 Å². The lowest BCUT2D eigenvalue weighted by molar-refractivity contribution is 0.0834. The number of aromatic nitrogens is 2. The molecule has 0 amide bonds. The van der Waals surface area contributed by atoms with Crippen LogP contribution < -0.4 is 5.73 Å². The Hall–Kier alpha value is -1.07. The highest BCUT2D eigenvalue weighted by molar-refractivity contribution is 5.30. The zero-order valence-electron chi connectivity index (χ0n) is 12.6. The second-order valence-corrected chi connectivity index (χ2v) is 6.16.